The van der Waals surface area contributed by atoms with Gasteiger partial charge >= 0.3 is 0 Å². The molecule has 7 rings (SSSR count). The molecular formula is C35H29BrClFN2O6. The maximum absolute atomic E-state index is 14.5. The van der Waals surface area contributed by atoms with Crippen molar-refractivity contribution in [2.45, 2.75) is 25.7 Å². The zero-order chi connectivity index (χ0) is 32.5. The van der Waals surface area contributed by atoms with E-state index < -0.39 is 52.6 Å². The topological polar surface area (TPSA) is 104 Å². The summed E-state index contributed by atoms with van der Waals surface area (Å²) in [4.78, 5) is 59.0. The van der Waals surface area contributed by atoms with Crippen LogP contribution in [0.3, 0.4) is 0 Å². The summed E-state index contributed by atoms with van der Waals surface area (Å²) < 4.78 is 20.5. The fourth-order valence-electron chi connectivity index (χ4n) is 8.03. The van der Waals surface area contributed by atoms with E-state index in [1.807, 2.05) is 18.2 Å². The molecule has 2 aliphatic carbocycles. The number of rotatable bonds is 6. The number of anilines is 2. The minimum absolute atomic E-state index is 0.117. The highest BCUT2D eigenvalue weighted by molar-refractivity contribution is 9.10. The molecule has 0 radical (unpaired) electrons. The first-order valence-corrected chi connectivity index (χ1v) is 16.2. The Hall–Kier alpha value is -3.86. The number of aliphatic hydroxyl groups excluding tert-OH is 1. The Balaban J connectivity index is 1.34. The Morgan fingerprint density at radius 3 is 2.30 bits per heavy atom. The smallest absolute Gasteiger partial charge is 0.241 e. The van der Waals surface area contributed by atoms with Crippen LogP contribution in [0.5, 0.6) is 5.75 Å². The molecule has 2 saturated heterocycles. The number of imide groups is 2. The van der Waals surface area contributed by atoms with Crippen molar-refractivity contribution in [2.75, 3.05) is 23.0 Å². The van der Waals surface area contributed by atoms with Crippen LogP contribution < -0.4 is 14.5 Å². The van der Waals surface area contributed by atoms with Crippen LogP contribution in [0.1, 0.15) is 31.2 Å². The molecule has 8 nitrogen and oxygen atoms in total. The van der Waals surface area contributed by atoms with Gasteiger partial charge in [0.15, 0.2) is 0 Å². The van der Waals surface area contributed by atoms with Crippen molar-refractivity contribution in [1.29, 1.82) is 0 Å². The van der Waals surface area contributed by atoms with Crippen LogP contribution in [0, 0.1) is 34.9 Å². The average molecular weight is 708 g/mol. The van der Waals surface area contributed by atoms with Gasteiger partial charge in [-0.3, -0.25) is 24.1 Å². The van der Waals surface area contributed by atoms with E-state index in [-0.39, 0.29) is 42.2 Å². The molecule has 0 bridgehead atoms. The summed E-state index contributed by atoms with van der Waals surface area (Å²) in [5, 5.41) is 8.97. The lowest BCUT2D eigenvalue weighted by Gasteiger charge is -2.49. The van der Waals surface area contributed by atoms with E-state index in [2.05, 4.69) is 15.9 Å². The van der Waals surface area contributed by atoms with E-state index in [1.54, 1.807) is 43.3 Å². The largest absolute Gasteiger partial charge is 0.491 e. The van der Waals surface area contributed by atoms with E-state index in [0.717, 1.165) is 26.6 Å². The van der Waals surface area contributed by atoms with Crippen molar-refractivity contribution in [3.05, 3.63) is 99.3 Å². The van der Waals surface area contributed by atoms with Gasteiger partial charge in [0.1, 0.15) is 18.2 Å². The third kappa shape index (κ3) is 4.56. The van der Waals surface area contributed by atoms with Gasteiger partial charge < -0.3 is 9.84 Å². The number of fused-ring (bicyclic) bond motifs is 4. The van der Waals surface area contributed by atoms with Crippen LogP contribution in [-0.2, 0) is 19.2 Å². The number of hydrogen-bond acceptors (Lipinski definition) is 6. The van der Waals surface area contributed by atoms with Gasteiger partial charge in [-0.1, -0.05) is 51.3 Å². The quantitative estimate of drug-likeness (QED) is 0.247. The van der Waals surface area contributed by atoms with Gasteiger partial charge in [-0.05, 0) is 85.8 Å². The van der Waals surface area contributed by atoms with Crippen molar-refractivity contribution < 1.29 is 33.4 Å². The molecule has 3 fully saturated rings. The molecule has 1 saturated carbocycles. The lowest BCUT2D eigenvalue weighted by Crippen LogP contribution is -2.48. The number of benzene rings is 3. The van der Waals surface area contributed by atoms with Crippen LogP contribution >= 0.6 is 27.5 Å². The number of hydrogen-bond donors (Lipinski definition) is 1. The fraction of sp³-hybridized carbons (Fsp3) is 0.314. The second-order valence-electron chi connectivity index (χ2n) is 12.4. The highest BCUT2D eigenvalue weighted by atomic mass is 79.9. The molecule has 1 N–H and O–H groups in total. The summed E-state index contributed by atoms with van der Waals surface area (Å²) in [6.45, 7) is 1.75. The van der Waals surface area contributed by atoms with E-state index in [0.29, 0.717) is 17.9 Å². The number of carbonyl (C=O) groups excluding carboxylic acids is 4. The standard InChI is InChI=1S/C35H29BrClFN2O6/c1-35-26(32(43)40(34(35)45)21-8-13-28(38)27(37)16-21)17-25-23(30(35)18-2-9-22(10-3-18)46-15-14-41)11-12-24-29(25)33(44)39(31(24)42)20-6-4-19(36)5-7-20/h2-11,13,16,24-26,29-30,41H,12,14-15,17H2,1H3. The van der Waals surface area contributed by atoms with Crippen molar-refractivity contribution in [3.8, 4) is 5.75 Å². The molecule has 6 atom stereocenters. The number of carbonyl (C=O) groups is 4. The third-order valence-corrected chi connectivity index (χ3v) is 10.9. The lowest BCUT2D eigenvalue weighted by molar-refractivity contribution is -0.131. The van der Waals surface area contributed by atoms with Gasteiger partial charge in [-0.2, -0.15) is 0 Å². The molecule has 4 aliphatic rings. The summed E-state index contributed by atoms with van der Waals surface area (Å²) in [6.07, 6.45) is 2.50. The summed E-state index contributed by atoms with van der Waals surface area (Å²) in [6, 6.07) is 17.9. The molecule has 3 aromatic rings. The van der Waals surface area contributed by atoms with Crippen LogP contribution in [0.2, 0.25) is 5.02 Å². The molecule has 3 aromatic carbocycles. The fourth-order valence-corrected chi connectivity index (χ4v) is 8.47. The highest BCUT2D eigenvalue weighted by Crippen LogP contribution is 2.63. The maximum atomic E-state index is 14.5. The van der Waals surface area contributed by atoms with Crippen LogP contribution in [-0.4, -0.2) is 41.9 Å². The molecule has 11 heteroatoms. The molecule has 0 spiro atoms. The first kappa shape index (κ1) is 30.8. The van der Waals surface area contributed by atoms with Gasteiger partial charge in [0, 0.05) is 10.4 Å². The number of halogens is 3. The molecule has 236 valence electrons. The minimum Gasteiger partial charge on any atom is -0.491 e. The van der Waals surface area contributed by atoms with Gasteiger partial charge in [-0.25, -0.2) is 9.29 Å². The predicted octanol–water partition coefficient (Wildman–Crippen LogP) is 6.05. The SMILES string of the molecule is CC12C(=O)N(c3ccc(F)c(Cl)c3)C(=O)C1CC1C(=CCC3C(=O)N(c4ccc(Br)cc4)C(=O)C31)C2c1ccc(OCCO)cc1. The first-order chi connectivity index (χ1) is 22.1. The molecule has 2 heterocycles. The number of nitrogens with zero attached hydrogens (tertiary/aromatic N) is 2. The Morgan fingerprint density at radius 2 is 1.63 bits per heavy atom. The summed E-state index contributed by atoms with van der Waals surface area (Å²) in [5.41, 5.74) is 1.00. The Bertz CT molecular complexity index is 1810. The Morgan fingerprint density at radius 1 is 0.935 bits per heavy atom. The zero-order valence-corrected chi connectivity index (χ0v) is 27.0. The summed E-state index contributed by atoms with van der Waals surface area (Å²) in [5.74, 6) is -4.84. The molecule has 6 unspecified atom stereocenters. The van der Waals surface area contributed by atoms with E-state index in [9.17, 15) is 28.7 Å². The summed E-state index contributed by atoms with van der Waals surface area (Å²) in [7, 11) is 0. The van der Waals surface area contributed by atoms with Crippen molar-refractivity contribution in [3.63, 3.8) is 0 Å². The van der Waals surface area contributed by atoms with Gasteiger partial charge in [0.25, 0.3) is 0 Å². The lowest BCUT2D eigenvalue weighted by atomic mass is 9.51. The monoisotopic (exact) mass is 706 g/mol. The Kier molecular flexibility index (Phi) is 7.65. The van der Waals surface area contributed by atoms with Crippen molar-refractivity contribution in [2.24, 2.45) is 29.1 Å². The Labute approximate surface area is 277 Å². The number of ether oxygens (including phenoxy) is 1. The number of allylic oxidation sites excluding steroid dienone is 2. The van der Waals surface area contributed by atoms with Crippen molar-refractivity contribution in [1.82, 2.24) is 0 Å². The maximum Gasteiger partial charge on any atom is 0.241 e. The third-order valence-electron chi connectivity index (χ3n) is 10.1. The van der Waals surface area contributed by atoms with Gasteiger partial charge in [0.2, 0.25) is 23.6 Å². The molecule has 46 heavy (non-hydrogen) atoms. The van der Waals surface area contributed by atoms with Crippen LogP contribution in [0.15, 0.2) is 82.9 Å². The van der Waals surface area contributed by atoms with E-state index in [1.165, 1.54) is 17.0 Å². The number of amides is 4. The van der Waals surface area contributed by atoms with E-state index >= 15 is 0 Å². The second kappa shape index (κ2) is 11.4. The summed E-state index contributed by atoms with van der Waals surface area (Å²) >= 11 is 9.48. The average Bonchev–Trinajstić information content (AvgIpc) is 3.41. The minimum atomic E-state index is -1.25. The van der Waals surface area contributed by atoms with Gasteiger partial charge in [0.05, 0.1) is 46.2 Å². The van der Waals surface area contributed by atoms with Gasteiger partial charge in [-0.15, -0.1) is 0 Å². The zero-order valence-electron chi connectivity index (χ0n) is 24.7. The predicted molar refractivity (Wildman–Crippen MR) is 172 cm³/mol. The van der Waals surface area contributed by atoms with Crippen LogP contribution in [0.4, 0.5) is 15.8 Å². The normalized spacial score (nSPS) is 28.6. The van der Waals surface area contributed by atoms with Crippen LogP contribution in [0.25, 0.3) is 0 Å². The van der Waals surface area contributed by atoms with Crippen molar-refractivity contribution >= 4 is 62.5 Å². The highest BCUT2D eigenvalue weighted by Gasteiger charge is 2.67. The molecule has 0 aromatic heterocycles. The molecular weight excluding hydrogens is 679 g/mol. The molecule has 4 amide bonds. The first-order valence-electron chi connectivity index (χ1n) is 15.1. The molecule has 2 aliphatic heterocycles. The van der Waals surface area contributed by atoms with E-state index in [4.69, 9.17) is 16.3 Å². The second-order valence-corrected chi connectivity index (χ2v) is 13.7. The number of aliphatic hydroxyl groups is 1.